The van der Waals surface area contributed by atoms with E-state index in [9.17, 15) is 14.4 Å². The van der Waals surface area contributed by atoms with Crippen molar-refractivity contribution in [3.05, 3.63) is 53.6 Å². The van der Waals surface area contributed by atoms with Crippen LogP contribution in [0.3, 0.4) is 0 Å². The number of nitrogens with zero attached hydrogens (tertiary/aromatic N) is 2. The highest BCUT2D eigenvalue weighted by atomic mass is 16.2. The van der Waals surface area contributed by atoms with Gasteiger partial charge in [0.25, 0.3) is 11.8 Å². The van der Waals surface area contributed by atoms with Crippen LogP contribution < -0.4 is 15.5 Å². The minimum absolute atomic E-state index is 0.118. The van der Waals surface area contributed by atoms with Gasteiger partial charge < -0.3 is 20.4 Å². The summed E-state index contributed by atoms with van der Waals surface area (Å²) in [6, 6.07) is 11.9. The van der Waals surface area contributed by atoms with Gasteiger partial charge in [-0.1, -0.05) is 6.07 Å². The number of anilines is 3. The fourth-order valence-electron chi connectivity index (χ4n) is 2.79. The zero-order valence-electron chi connectivity index (χ0n) is 14.9. The van der Waals surface area contributed by atoms with E-state index in [2.05, 4.69) is 10.6 Å². The van der Waals surface area contributed by atoms with Crippen molar-refractivity contribution < 1.29 is 14.4 Å². The molecule has 3 amide bonds. The summed E-state index contributed by atoms with van der Waals surface area (Å²) in [5, 5.41) is 5.56. The lowest BCUT2D eigenvalue weighted by Gasteiger charge is -2.27. The number of carbonyl (C=O) groups excluding carboxylic acids is 3. The van der Waals surface area contributed by atoms with Crippen LogP contribution in [0.1, 0.15) is 20.7 Å². The van der Waals surface area contributed by atoms with Crippen molar-refractivity contribution in [2.75, 3.05) is 43.2 Å². The van der Waals surface area contributed by atoms with E-state index < -0.39 is 0 Å². The second-order valence-electron chi connectivity index (χ2n) is 6.37. The third-order valence-electron chi connectivity index (χ3n) is 4.10. The molecule has 0 atom stereocenters. The van der Waals surface area contributed by atoms with E-state index in [4.69, 9.17) is 0 Å². The summed E-state index contributed by atoms with van der Waals surface area (Å²) in [6.07, 6.45) is 0. The van der Waals surface area contributed by atoms with Crippen molar-refractivity contribution in [3.8, 4) is 0 Å². The van der Waals surface area contributed by atoms with Crippen LogP contribution in [0.2, 0.25) is 0 Å². The number of nitrogens with one attached hydrogen (secondary N) is 2. The molecule has 1 aliphatic heterocycles. The van der Waals surface area contributed by atoms with Crippen LogP contribution in [0.4, 0.5) is 17.1 Å². The molecule has 0 unspecified atom stereocenters. The molecule has 2 aromatic carbocycles. The Morgan fingerprint density at radius 2 is 1.88 bits per heavy atom. The van der Waals surface area contributed by atoms with Gasteiger partial charge in [0.2, 0.25) is 5.91 Å². The molecule has 0 saturated heterocycles. The predicted molar refractivity (Wildman–Crippen MR) is 101 cm³/mol. The lowest BCUT2D eigenvalue weighted by atomic mass is 10.1. The Kier molecular flexibility index (Phi) is 4.62. The fourth-order valence-corrected chi connectivity index (χ4v) is 2.79. The first-order valence-corrected chi connectivity index (χ1v) is 8.13. The van der Waals surface area contributed by atoms with Crippen molar-refractivity contribution in [1.29, 1.82) is 0 Å². The standard InChI is InChI=1S/C19H20N4O3/c1-22(2)19(26)13-5-4-6-14(9-13)20-18(25)12-7-8-16-15(10-12)21-17(24)11-23(16)3/h4-10H,11H2,1-3H3,(H,20,25)(H,21,24). The summed E-state index contributed by atoms with van der Waals surface area (Å²) in [5.41, 5.74) is 2.91. The number of likely N-dealkylation sites (N-methyl/N-ethyl adjacent to an activating group) is 1. The maximum absolute atomic E-state index is 12.5. The first kappa shape index (κ1) is 17.5. The van der Waals surface area contributed by atoms with Crippen LogP contribution in [-0.4, -0.2) is 50.3 Å². The van der Waals surface area contributed by atoms with Crippen molar-refractivity contribution in [1.82, 2.24) is 4.90 Å². The van der Waals surface area contributed by atoms with Gasteiger partial charge in [0.15, 0.2) is 0 Å². The van der Waals surface area contributed by atoms with Crippen LogP contribution in [0.5, 0.6) is 0 Å². The van der Waals surface area contributed by atoms with Crippen molar-refractivity contribution >= 4 is 34.8 Å². The first-order chi connectivity index (χ1) is 12.3. The fraction of sp³-hybridized carbons (Fsp3) is 0.211. The largest absolute Gasteiger partial charge is 0.364 e. The topological polar surface area (TPSA) is 81.8 Å². The highest BCUT2D eigenvalue weighted by Crippen LogP contribution is 2.29. The summed E-state index contributed by atoms with van der Waals surface area (Å²) in [7, 11) is 5.17. The van der Waals surface area contributed by atoms with Crippen LogP contribution in [0, 0.1) is 0 Å². The van der Waals surface area contributed by atoms with E-state index in [0.29, 0.717) is 22.5 Å². The Morgan fingerprint density at radius 1 is 1.12 bits per heavy atom. The number of fused-ring (bicyclic) bond motifs is 1. The molecule has 0 saturated carbocycles. The number of benzene rings is 2. The highest BCUT2D eigenvalue weighted by molar-refractivity contribution is 6.08. The Labute approximate surface area is 151 Å². The van der Waals surface area contributed by atoms with Gasteiger partial charge in [-0.25, -0.2) is 0 Å². The lowest BCUT2D eigenvalue weighted by Crippen LogP contribution is -2.35. The van der Waals surface area contributed by atoms with Gasteiger partial charge in [0.05, 0.1) is 17.9 Å². The third kappa shape index (κ3) is 3.51. The molecule has 2 aromatic rings. The summed E-state index contributed by atoms with van der Waals surface area (Å²) in [4.78, 5) is 39.6. The van der Waals surface area contributed by atoms with Crippen molar-refractivity contribution in [2.24, 2.45) is 0 Å². The first-order valence-electron chi connectivity index (χ1n) is 8.13. The van der Waals surface area contributed by atoms with Crippen LogP contribution in [0.25, 0.3) is 0 Å². The van der Waals surface area contributed by atoms with Gasteiger partial charge in [-0.05, 0) is 36.4 Å². The van der Waals surface area contributed by atoms with Crippen LogP contribution in [0.15, 0.2) is 42.5 Å². The molecule has 7 nitrogen and oxygen atoms in total. The molecule has 0 spiro atoms. The summed E-state index contributed by atoms with van der Waals surface area (Å²) >= 11 is 0. The van der Waals surface area contributed by atoms with Gasteiger partial charge in [-0.2, -0.15) is 0 Å². The minimum atomic E-state index is -0.315. The second kappa shape index (κ2) is 6.87. The quantitative estimate of drug-likeness (QED) is 0.886. The van der Waals surface area contributed by atoms with Crippen molar-refractivity contribution in [2.45, 2.75) is 0 Å². The molecule has 0 aliphatic carbocycles. The van der Waals surface area contributed by atoms with Gasteiger partial charge in [0.1, 0.15) is 0 Å². The Morgan fingerprint density at radius 3 is 2.62 bits per heavy atom. The van der Waals surface area contributed by atoms with Crippen LogP contribution >= 0.6 is 0 Å². The molecule has 0 fully saturated rings. The highest BCUT2D eigenvalue weighted by Gasteiger charge is 2.20. The number of amides is 3. The normalized spacial score (nSPS) is 12.9. The van der Waals surface area contributed by atoms with Gasteiger partial charge in [-0.3, -0.25) is 14.4 Å². The van der Waals surface area contributed by atoms with Gasteiger partial charge in [0, 0.05) is 38.0 Å². The second-order valence-corrected chi connectivity index (χ2v) is 6.37. The molecule has 134 valence electrons. The SMILES string of the molecule is CN(C)C(=O)c1cccc(NC(=O)c2ccc3c(c2)NC(=O)CN3C)c1. The molecule has 7 heteroatoms. The summed E-state index contributed by atoms with van der Waals surface area (Å²) in [6.45, 7) is 0.283. The lowest BCUT2D eigenvalue weighted by molar-refractivity contribution is -0.115. The van der Waals surface area contributed by atoms with E-state index in [1.807, 2.05) is 11.9 Å². The van der Waals surface area contributed by atoms with Crippen molar-refractivity contribution in [3.63, 3.8) is 0 Å². The molecular weight excluding hydrogens is 332 g/mol. The van der Waals surface area contributed by atoms with Gasteiger partial charge >= 0.3 is 0 Å². The average molecular weight is 352 g/mol. The molecule has 3 rings (SSSR count). The maximum atomic E-state index is 12.5. The van der Waals surface area contributed by atoms with E-state index in [1.54, 1.807) is 56.6 Å². The smallest absolute Gasteiger partial charge is 0.255 e. The summed E-state index contributed by atoms with van der Waals surface area (Å²) in [5.74, 6) is -0.571. The maximum Gasteiger partial charge on any atom is 0.255 e. The molecular formula is C19H20N4O3. The van der Waals surface area contributed by atoms with E-state index in [1.165, 1.54) is 4.90 Å². The Balaban J connectivity index is 1.81. The average Bonchev–Trinajstić information content (AvgIpc) is 2.60. The zero-order valence-corrected chi connectivity index (χ0v) is 14.9. The number of hydrogen-bond donors (Lipinski definition) is 2. The van der Waals surface area contributed by atoms with E-state index in [-0.39, 0.29) is 24.3 Å². The molecule has 1 heterocycles. The molecule has 0 aromatic heterocycles. The molecule has 0 radical (unpaired) electrons. The monoisotopic (exact) mass is 352 g/mol. The van der Waals surface area contributed by atoms with Gasteiger partial charge in [-0.15, -0.1) is 0 Å². The summed E-state index contributed by atoms with van der Waals surface area (Å²) < 4.78 is 0. The predicted octanol–water partition coefficient (Wildman–Crippen LogP) is 2.03. The zero-order chi connectivity index (χ0) is 18.8. The minimum Gasteiger partial charge on any atom is -0.364 e. The van der Waals surface area contributed by atoms with E-state index >= 15 is 0 Å². The molecule has 2 N–H and O–H groups in total. The van der Waals surface area contributed by atoms with Crippen LogP contribution in [-0.2, 0) is 4.79 Å². The number of hydrogen-bond acceptors (Lipinski definition) is 4. The Hall–Kier alpha value is -3.35. The third-order valence-corrected chi connectivity index (χ3v) is 4.10. The molecule has 0 bridgehead atoms. The molecule has 26 heavy (non-hydrogen) atoms. The number of rotatable bonds is 3. The molecule has 1 aliphatic rings. The number of carbonyl (C=O) groups is 3. The Bertz CT molecular complexity index is 892. The van der Waals surface area contributed by atoms with E-state index in [0.717, 1.165) is 5.69 Å².